The van der Waals surface area contributed by atoms with Gasteiger partial charge < -0.3 is 14.5 Å². The molecule has 0 aliphatic heterocycles. The number of pyridine rings is 1. The minimum Gasteiger partial charge on any atom is -0.744 e. The monoisotopic (exact) mass is 414 g/mol. The lowest BCUT2D eigenvalue weighted by atomic mass is 10.2. The summed E-state index contributed by atoms with van der Waals surface area (Å²) in [5.74, 6) is 0.786. The van der Waals surface area contributed by atoms with Crippen molar-refractivity contribution in [2.24, 2.45) is 12.2 Å². The third-order valence-electron chi connectivity index (χ3n) is 3.95. The maximum atomic E-state index is 10.4. The third-order valence-corrected chi connectivity index (χ3v) is 4.80. The lowest BCUT2D eigenvalue weighted by molar-refractivity contribution is -0.680. The average molecular weight is 414 g/mol. The van der Waals surface area contributed by atoms with Crippen molar-refractivity contribution in [3.05, 3.63) is 89.7 Å². The molecule has 2 aromatic carbocycles. The van der Waals surface area contributed by atoms with Crippen LogP contribution in [-0.4, -0.2) is 24.4 Å². The van der Waals surface area contributed by atoms with Crippen LogP contribution in [0.15, 0.2) is 83.0 Å². The van der Waals surface area contributed by atoms with Gasteiger partial charge in [0.25, 0.3) is 0 Å². The number of rotatable bonds is 5. The van der Waals surface area contributed by atoms with Crippen LogP contribution in [0.5, 0.6) is 5.75 Å². The molecule has 0 spiro atoms. The van der Waals surface area contributed by atoms with E-state index in [1.807, 2.05) is 67.2 Å². The Morgan fingerprint density at radius 3 is 2.28 bits per heavy atom. The molecule has 0 aliphatic carbocycles. The summed E-state index contributed by atoms with van der Waals surface area (Å²) in [5.41, 5.74) is 2.85. The van der Waals surface area contributed by atoms with Crippen LogP contribution in [0.4, 0.5) is 0 Å². The first-order chi connectivity index (χ1) is 13.8. The summed E-state index contributed by atoms with van der Waals surface area (Å²) < 4.78 is 38.9. The molecule has 1 N–H and O–H groups in total. The predicted octanol–water partition coefficient (Wildman–Crippen LogP) is 2.80. The maximum Gasteiger partial charge on any atom is 0.219 e. The van der Waals surface area contributed by atoms with E-state index in [0.717, 1.165) is 22.6 Å². The molecule has 0 saturated carbocycles. The van der Waals surface area contributed by atoms with E-state index >= 15 is 0 Å². The average Bonchev–Trinajstić information content (AvgIpc) is 2.69. The van der Waals surface area contributed by atoms with Crippen LogP contribution in [0, 0.1) is 6.92 Å². The molecule has 0 fully saturated rings. The molecular formula is C21H22N2O5S. The number of oxime groups is 1. The highest BCUT2D eigenvalue weighted by Gasteiger charge is 2.05. The fourth-order valence-corrected chi connectivity index (χ4v) is 2.76. The van der Waals surface area contributed by atoms with Crippen LogP contribution in [0.2, 0.25) is 0 Å². The van der Waals surface area contributed by atoms with Gasteiger partial charge in [0.15, 0.2) is 12.8 Å². The van der Waals surface area contributed by atoms with Crippen molar-refractivity contribution in [3.63, 3.8) is 0 Å². The Morgan fingerprint density at radius 1 is 1.07 bits per heavy atom. The summed E-state index contributed by atoms with van der Waals surface area (Å²) in [5, 5.41) is 11.4. The zero-order chi connectivity index (χ0) is 21.3. The van der Waals surface area contributed by atoms with Crippen molar-refractivity contribution in [2.75, 3.05) is 0 Å². The maximum absolute atomic E-state index is 10.4. The third kappa shape index (κ3) is 7.36. The standard InChI is InChI=1S/C14H14N2O2.C7H8O3S/c1-16-9-3-2-4-13(16)11-18-14-7-5-12(6-8-14)10-15-17;1-6-2-4-7(5-3-6)11(8,9)10/h2-10H,11H2,1H3;2-5H,1H3,(H,8,9,10)/b15-10+;. The van der Waals surface area contributed by atoms with E-state index in [1.54, 1.807) is 12.1 Å². The van der Waals surface area contributed by atoms with Crippen LogP contribution >= 0.6 is 0 Å². The minimum atomic E-state index is -4.27. The molecule has 0 bridgehead atoms. The molecule has 0 saturated heterocycles. The summed E-state index contributed by atoms with van der Waals surface area (Å²) in [7, 11) is -2.28. The largest absolute Gasteiger partial charge is 0.744 e. The lowest BCUT2D eigenvalue weighted by Crippen LogP contribution is -2.33. The van der Waals surface area contributed by atoms with Gasteiger partial charge in [-0.05, 0) is 55.0 Å². The molecule has 29 heavy (non-hydrogen) atoms. The fourth-order valence-electron chi connectivity index (χ4n) is 2.29. The molecule has 8 heteroatoms. The summed E-state index contributed by atoms with van der Waals surface area (Å²) in [6.45, 7) is 2.34. The molecular weight excluding hydrogens is 392 g/mol. The van der Waals surface area contributed by atoms with Crippen LogP contribution in [0.25, 0.3) is 0 Å². The van der Waals surface area contributed by atoms with Gasteiger partial charge in [0.2, 0.25) is 5.69 Å². The fraction of sp³-hybridized carbons (Fsp3) is 0.143. The van der Waals surface area contributed by atoms with E-state index < -0.39 is 10.1 Å². The van der Waals surface area contributed by atoms with Crippen LogP contribution in [0.1, 0.15) is 16.8 Å². The van der Waals surface area contributed by atoms with Gasteiger partial charge >= 0.3 is 0 Å². The molecule has 0 amide bonds. The van der Waals surface area contributed by atoms with E-state index in [-0.39, 0.29) is 4.90 Å². The Balaban J connectivity index is 0.000000234. The smallest absolute Gasteiger partial charge is 0.219 e. The van der Waals surface area contributed by atoms with Gasteiger partial charge in [0.1, 0.15) is 22.9 Å². The molecule has 0 aliphatic rings. The second-order valence-electron chi connectivity index (χ2n) is 6.17. The highest BCUT2D eigenvalue weighted by molar-refractivity contribution is 7.85. The van der Waals surface area contributed by atoms with Crippen molar-refractivity contribution in [3.8, 4) is 5.75 Å². The Hall–Kier alpha value is -3.23. The highest BCUT2D eigenvalue weighted by Crippen LogP contribution is 2.12. The number of hydrogen-bond donors (Lipinski definition) is 1. The van der Waals surface area contributed by atoms with Crippen molar-refractivity contribution in [2.45, 2.75) is 18.4 Å². The number of ether oxygens (including phenoxy) is 1. The summed E-state index contributed by atoms with van der Waals surface area (Å²) >= 11 is 0. The molecule has 1 aromatic heterocycles. The van der Waals surface area contributed by atoms with Crippen molar-refractivity contribution >= 4 is 16.3 Å². The predicted molar refractivity (Wildman–Crippen MR) is 107 cm³/mol. The molecule has 0 atom stereocenters. The van der Waals surface area contributed by atoms with Gasteiger partial charge in [-0.1, -0.05) is 22.9 Å². The summed E-state index contributed by atoms with van der Waals surface area (Å²) in [6, 6.07) is 19.1. The van der Waals surface area contributed by atoms with Crippen LogP contribution in [-0.2, 0) is 23.8 Å². The van der Waals surface area contributed by atoms with E-state index in [4.69, 9.17) is 9.94 Å². The van der Waals surface area contributed by atoms with Gasteiger partial charge in [0, 0.05) is 12.1 Å². The first-order valence-corrected chi connectivity index (χ1v) is 10.1. The Kier molecular flexibility index (Phi) is 7.88. The summed E-state index contributed by atoms with van der Waals surface area (Å²) in [4.78, 5) is -0.178. The Morgan fingerprint density at radius 2 is 1.72 bits per heavy atom. The Labute approximate surface area is 170 Å². The van der Waals surface area contributed by atoms with Gasteiger partial charge in [0.05, 0.1) is 11.1 Å². The van der Waals surface area contributed by atoms with Crippen molar-refractivity contribution in [1.82, 2.24) is 0 Å². The first kappa shape index (κ1) is 22.1. The second kappa shape index (κ2) is 10.4. The van der Waals surface area contributed by atoms with Gasteiger partial charge in [-0.25, -0.2) is 13.0 Å². The minimum absolute atomic E-state index is 0.178. The van der Waals surface area contributed by atoms with Crippen molar-refractivity contribution < 1.29 is 27.5 Å². The van der Waals surface area contributed by atoms with E-state index in [9.17, 15) is 13.0 Å². The molecule has 3 rings (SSSR count). The zero-order valence-corrected chi connectivity index (χ0v) is 16.9. The van der Waals surface area contributed by atoms with Gasteiger partial charge in [-0.15, -0.1) is 0 Å². The van der Waals surface area contributed by atoms with Gasteiger partial charge in [-0.2, -0.15) is 0 Å². The molecule has 1 heterocycles. The van der Waals surface area contributed by atoms with Crippen LogP contribution < -0.4 is 9.30 Å². The van der Waals surface area contributed by atoms with E-state index in [1.165, 1.54) is 18.3 Å². The topological polar surface area (TPSA) is 103 Å². The van der Waals surface area contributed by atoms with Crippen LogP contribution in [0.3, 0.4) is 0 Å². The normalized spacial score (nSPS) is 11.0. The molecule has 152 valence electrons. The summed E-state index contributed by atoms with van der Waals surface area (Å²) in [6.07, 6.45) is 3.36. The second-order valence-corrected chi connectivity index (χ2v) is 7.55. The van der Waals surface area contributed by atoms with Crippen molar-refractivity contribution in [1.29, 1.82) is 0 Å². The highest BCUT2D eigenvalue weighted by atomic mass is 32.2. The van der Waals surface area contributed by atoms with Gasteiger partial charge in [-0.3, -0.25) is 0 Å². The molecule has 0 radical (unpaired) electrons. The molecule has 0 unspecified atom stereocenters. The number of nitrogens with zero attached hydrogens (tertiary/aromatic N) is 2. The quantitative estimate of drug-likeness (QED) is 0.227. The first-order valence-electron chi connectivity index (χ1n) is 8.66. The number of hydrogen-bond acceptors (Lipinski definition) is 6. The zero-order valence-electron chi connectivity index (χ0n) is 16.1. The lowest BCUT2D eigenvalue weighted by Gasteiger charge is -2.05. The Bertz CT molecular complexity index is 1050. The van der Waals surface area contributed by atoms with E-state index in [0.29, 0.717) is 6.61 Å². The SMILES string of the molecule is C[n+]1ccccc1COc1ccc(/C=N/O)cc1.Cc1ccc(S(=O)(=O)[O-])cc1. The number of aromatic nitrogens is 1. The number of aryl methyl sites for hydroxylation is 2. The number of benzene rings is 2. The molecule has 3 aromatic rings. The molecule has 7 nitrogen and oxygen atoms in total. The van der Waals surface area contributed by atoms with E-state index in [2.05, 4.69) is 5.16 Å².